The Kier molecular flexibility index (Phi) is 6.61. The first kappa shape index (κ1) is 20.0. The summed E-state index contributed by atoms with van der Waals surface area (Å²) in [6.45, 7) is 3.40. The fourth-order valence-electron chi connectivity index (χ4n) is 3.07. The lowest BCUT2D eigenvalue weighted by Gasteiger charge is -2.22. The maximum Gasteiger partial charge on any atom is 0.349 e. The first-order valence-electron chi connectivity index (χ1n) is 9.08. The zero-order valence-electron chi connectivity index (χ0n) is 15.9. The normalized spacial score (nSPS) is 13.6. The maximum atomic E-state index is 12.6. The fourth-order valence-corrected chi connectivity index (χ4v) is 4.55. The Morgan fingerprint density at radius 3 is 2.78 bits per heavy atom. The number of anilines is 1. The van der Waals surface area contributed by atoms with Gasteiger partial charge in [-0.3, -0.25) is 14.7 Å². The quantitative estimate of drug-likeness (QED) is 0.500. The van der Waals surface area contributed by atoms with Crippen molar-refractivity contribution in [3.63, 3.8) is 0 Å². The molecular weight excluding hydrogens is 384 g/mol. The molecule has 10 heteroatoms. The van der Waals surface area contributed by atoms with Gasteiger partial charge in [-0.1, -0.05) is 23.1 Å². The van der Waals surface area contributed by atoms with Gasteiger partial charge in [-0.2, -0.15) is 4.98 Å². The smallest absolute Gasteiger partial charge is 0.338 e. The van der Waals surface area contributed by atoms with E-state index in [-0.39, 0.29) is 17.3 Å². The number of hydrogen-bond acceptors (Lipinski definition) is 7. The van der Waals surface area contributed by atoms with E-state index in [1.807, 2.05) is 11.5 Å². The van der Waals surface area contributed by atoms with Gasteiger partial charge in [-0.15, -0.1) is 10.2 Å². The number of carbonyl (C=O) groups is 1. The van der Waals surface area contributed by atoms with Crippen molar-refractivity contribution < 1.29 is 9.69 Å². The molecule has 8 nitrogen and oxygen atoms in total. The van der Waals surface area contributed by atoms with Crippen molar-refractivity contribution in [2.75, 3.05) is 31.7 Å². The summed E-state index contributed by atoms with van der Waals surface area (Å²) in [5.41, 5.74) is 2.03. The van der Waals surface area contributed by atoms with Crippen molar-refractivity contribution in [1.82, 2.24) is 19.7 Å². The molecule has 2 aromatic rings. The minimum absolute atomic E-state index is 0.164. The standard InChI is InChI=1S/C17H24N6O2S2/c1-11-20-21-16(27-11)18-14(24)10-26-15-12-6-4-5-7-13(12)23(17(25)19-15)9-8-22(2)3/h4-10H2,1-3H3,(H,18,21,24)/p+1. The Hall–Kier alpha value is -1.78. The molecule has 0 bridgehead atoms. The van der Waals surface area contributed by atoms with Crippen LogP contribution in [-0.4, -0.2) is 52.0 Å². The van der Waals surface area contributed by atoms with E-state index in [2.05, 4.69) is 34.6 Å². The molecule has 1 aliphatic carbocycles. The van der Waals surface area contributed by atoms with E-state index < -0.39 is 0 Å². The molecule has 0 fully saturated rings. The molecule has 0 atom stereocenters. The number of thioether (sulfide) groups is 1. The Labute approximate surface area is 166 Å². The molecule has 146 valence electrons. The van der Waals surface area contributed by atoms with E-state index >= 15 is 0 Å². The molecule has 1 aliphatic rings. The summed E-state index contributed by atoms with van der Waals surface area (Å²) < 4.78 is 1.83. The number of nitrogens with zero attached hydrogens (tertiary/aromatic N) is 4. The van der Waals surface area contributed by atoms with Crippen LogP contribution in [0.15, 0.2) is 9.82 Å². The van der Waals surface area contributed by atoms with E-state index in [1.54, 1.807) is 0 Å². The van der Waals surface area contributed by atoms with Crippen LogP contribution in [0, 0.1) is 6.92 Å². The van der Waals surface area contributed by atoms with Gasteiger partial charge >= 0.3 is 5.69 Å². The fraction of sp³-hybridized carbons (Fsp3) is 0.588. The van der Waals surface area contributed by atoms with Gasteiger partial charge in [0.05, 0.1) is 32.9 Å². The predicted octanol–water partition coefficient (Wildman–Crippen LogP) is 0.157. The molecule has 3 rings (SSSR count). The molecule has 0 spiro atoms. The van der Waals surface area contributed by atoms with Crippen LogP contribution in [0.2, 0.25) is 0 Å². The molecule has 27 heavy (non-hydrogen) atoms. The summed E-state index contributed by atoms with van der Waals surface area (Å²) >= 11 is 2.67. The highest BCUT2D eigenvalue weighted by molar-refractivity contribution is 8.00. The van der Waals surface area contributed by atoms with Gasteiger partial charge in [0.25, 0.3) is 0 Å². The van der Waals surface area contributed by atoms with Gasteiger partial charge in [0.15, 0.2) is 0 Å². The van der Waals surface area contributed by atoms with Crippen LogP contribution < -0.4 is 15.9 Å². The van der Waals surface area contributed by atoms with Gasteiger partial charge < -0.3 is 4.90 Å². The van der Waals surface area contributed by atoms with Crippen molar-refractivity contribution in [3.8, 4) is 0 Å². The first-order valence-corrected chi connectivity index (χ1v) is 10.9. The summed E-state index contributed by atoms with van der Waals surface area (Å²) in [5, 5.41) is 12.5. The van der Waals surface area contributed by atoms with E-state index in [0.717, 1.165) is 48.5 Å². The largest absolute Gasteiger partial charge is 0.349 e. The number of quaternary nitrogens is 1. The Morgan fingerprint density at radius 1 is 1.30 bits per heavy atom. The second-order valence-corrected chi connectivity index (χ2v) is 9.05. The van der Waals surface area contributed by atoms with Crippen LogP contribution in [0.4, 0.5) is 5.13 Å². The monoisotopic (exact) mass is 409 g/mol. The van der Waals surface area contributed by atoms with E-state index in [0.29, 0.717) is 16.7 Å². The molecule has 0 aromatic carbocycles. The second kappa shape index (κ2) is 8.94. The second-order valence-electron chi connectivity index (χ2n) is 6.90. The van der Waals surface area contributed by atoms with Gasteiger partial charge in [-0.25, -0.2) is 4.79 Å². The number of aromatic nitrogens is 4. The van der Waals surface area contributed by atoms with Gasteiger partial charge in [0, 0.05) is 11.3 Å². The number of fused-ring (bicyclic) bond motifs is 1. The average Bonchev–Trinajstić information content (AvgIpc) is 3.03. The highest BCUT2D eigenvalue weighted by Crippen LogP contribution is 2.28. The van der Waals surface area contributed by atoms with E-state index in [9.17, 15) is 9.59 Å². The van der Waals surface area contributed by atoms with Crippen molar-refractivity contribution in [2.45, 2.75) is 44.2 Å². The zero-order chi connectivity index (χ0) is 19.4. The maximum absolute atomic E-state index is 12.6. The number of hydrogen-bond donors (Lipinski definition) is 2. The molecule has 2 aromatic heterocycles. The van der Waals surface area contributed by atoms with Crippen molar-refractivity contribution in [3.05, 3.63) is 26.7 Å². The number of rotatable bonds is 7. The molecule has 2 N–H and O–H groups in total. The lowest BCUT2D eigenvalue weighted by Crippen LogP contribution is -3.06. The molecule has 0 saturated carbocycles. The highest BCUT2D eigenvalue weighted by atomic mass is 32.2. The third kappa shape index (κ3) is 5.14. The first-order chi connectivity index (χ1) is 12.9. The SMILES string of the molecule is Cc1nnc(NC(=O)CSc2nc(=O)n(CC[NH+](C)C)c3c2CCCC3)s1. The number of aryl methyl sites for hydroxylation is 1. The topological polar surface area (TPSA) is 94.2 Å². The summed E-state index contributed by atoms with van der Waals surface area (Å²) in [6, 6.07) is 0. The zero-order valence-corrected chi connectivity index (χ0v) is 17.5. The highest BCUT2D eigenvalue weighted by Gasteiger charge is 2.21. The minimum atomic E-state index is -0.209. The van der Waals surface area contributed by atoms with Crippen molar-refractivity contribution >= 4 is 34.1 Å². The number of amides is 1. The Balaban J connectivity index is 1.74. The van der Waals surface area contributed by atoms with Crippen LogP contribution in [0.25, 0.3) is 0 Å². The Bertz CT molecular complexity index is 877. The lowest BCUT2D eigenvalue weighted by atomic mass is 9.97. The molecule has 0 unspecified atom stereocenters. The summed E-state index contributed by atoms with van der Waals surface area (Å²) in [5.74, 6) is 0.0338. The van der Waals surface area contributed by atoms with Crippen molar-refractivity contribution in [1.29, 1.82) is 0 Å². The Morgan fingerprint density at radius 2 is 2.07 bits per heavy atom. The van der Waals surface area contributed by atoms with E-state index in [4.69, 9.17) is 0 Å². The predicted molar refractivity (Wildman–Crippen MR) is 107 cm³/mol. The third-order valence-corrected chi connectivity index (χ3v) is 6.17. The summed E-state index contributed by atoms with van der Waals surface area (Å²) in [6.07, 6.45) is 4.00. The molecular formula is C17H25N6O2S2+. The molecule has 2 heterocycles. The van der Waals surface area contributed by atoms with Crippen LogP contribution >= 0.6 is 23.1 Å². The molecule has 0 aliphatic heterocycles. The molecule has 1 amide bonds. The van der Waals surface area contributed by atoms with E-state index in [1.165, 1.54) is 28.0 Å². The summed E-state index contributed by atoms with van der Waals surface area (Å²) in [4.78, 5) is 30.4. The van der Waals surface area contributed by atoms with Crippen LogP contribution in [-0.2, 0) is 24.2 Å². The van der Waals surface area contributed by atoms with Crippen LogP contribution in [0.1, 0.15) is 29.1 Å². The number of nitrogens with one attached hydrogen (secondary N) is 2. The van der Waals surface area contributed by atoms with Gasteiger partial charge in [-0.05, 0) is 32.6 Å². The lowest BCUT2D eigenvalue weighted by molar-refractivity contribution is -0.859. The average molecular weight is 410 g/mol. The molecule has 0 saturated heterocycles. The molecule has 0 radical (unpaired) electrons. The number of likely N-dealkylation sites (N-methyl/N-ethyl adjacent to an activating group) is 1. The van der Waals surface area contributed by atoms with Crippen LogP contribution in [0.3, 0.4) is 0 Å². The summed E-state index contributed by atoms with van der Waals surface area (Å²) in [7, 11) is 4.15. The third-order valence-electron chi connectivity index (χ3n) is 4.40. The van der Waals surface area contributed by atoms with Gasteiger partial charge in [0.1, 0.15) is 10.0 Å². The minimum Gasteiger partial charge on any atom is -0.338 e. The number of carbonyl (C=O) groups excluding carboxylic acids is 1. The van der Waals surface area contributed by atoms with Gasteiger partial charge in [0.2, 0.25) is 11.0 Å². The van der Waals surface area contributed by atoms with Crippen molar-refractivity contribution in [2.24, 2.45) is 0 Å². The van der Waals surface area contributed by atoms with Crippen LogP contribution in [0.5, 0.6) is 0 Å².